The van der Waals surface area contributed by atoms with Gasteiger partial charge < -0.3 is 10.4 Å². The van der Waals surface area contributed by atoms with Crippen LogP contribution in [0.4, 0.5) is 0 Å². The normalized spacial score (nSPS) is 24.9. The molecule has 2 rings (SSSR count). The van der Waals surface area contributed by atoms with Gasteiger partial charge in [-0.05, 0) is 30.0 Å². The second-order valence-electron chi connectivity index (χ2n) is 6.44. The van der Waals surface area contributed by atoms with Crippen LogP contribution in [0.5, 0.6) is 5.75 Å². The fourth-order valence-electron chi connectivity index (χ4n) is 3.25. The zero-order valence-corrected chi connectivity index (χ0v) is 13.7. The molecule has 2 N–H and O–H groups in total. The molecule has 0 radical (unpaired) electrons. The van der Waals surface area contributed by atoms with Crippen LogP contribution in [0.15, 0.2) is 24.3 Å². The average Bonchev–Trinajstić information content (AvgIpc) is 2.48. The molecule has 1 aliphatic heterocycles. The number of phenols is 1. The molecule has 1 saturated heterocycles. The Morgan fingerprint density at radius 1 is 1.38 bits per heavy atom. The van der Waals surface area contributed by atoms with Gasteiger partial charge in [0, 0.05) is 31.7 Å². The Morgan fingerprint density at radius 3 is 2.86 bits per heavy atom. The first-order valence-electron chi connectivity index (χ1n) is 8.39. The molecule has 118 valence electrons. The van der Waals surface area contributed by atoms with Crippen LogP contribution in [0.1, 0.15) is 45.6 Å². The first-order valence-corrected chi connectivity index (χ1v) is 8.39. The maximum absolute atomic E-state index is 9.66. The van der Waals surface area contributed by atoms with Crippen molar-refractivity contribution in [2.24, 2.45) is 5.92 Å². The first-order chi connectivity index (χ1) is 10.1. The lowest BCUT2D eigenvalue weighted by molar-refractivity contribution is 0.0959. The van der Waals surface area contributed by atoms with Crippen molar-refractivity contribution in [3.63, 3.8) is 0 Å². The topological polar surface area (TPSA) is 35.5 Å². The van der Waals surface area contributed by atoms with E-state index in [4.69, 9.17) is 0 Å². The minimum absolute atomic E-state index is 0.369. The van der Waals surface area contributed by atoms with Crippen molar-refractivity contribution in [2.75, 3.05) is 13.1 Å². The number of benzene rings is 1. The Balaban J connectivity index is 2.06. The number of aromatic hydroxyl groups is 1. The van der Waals surface area contributed by atoms with Gasteiger partial charge in [-0.2, -0.15) is 0 Å². The Labute approximate surface area is 129 Å². The zero-order valence-electron chi connectivity index (χ0n) is 13.7. The number of nitrogens with one attached hydrogen (secondary N) is 1. The van der Waals surface area contributed by atoms with Crippen LogP contribution in [0.3, 0.4) is 0 Å². The third-order valence-electron chi connectivity index (χ3n) is 4.81. The van der Waals surface area contributed by atoms with Gasteiger partial charge in [0.1, 0.15) is 5.75 Å². The van der Waals surface area contributed by atoms with E-state index in [0.717, 1.165) is 19.6 Å². The Morgan fingerprint density at radius 2 is 2.19 bits per heavy atom. The molecule has 3 heteroatoms. The van der Waals surface area contributed by atoms with Crippen molar-refractivity contribution in [3.8, 4) is 5.75 Å². The fourth-order valence-corrected chi connectivity index (χ4v) is 3.25. The summed E-state index contributed by atoms with van der Waals surface area (Å²) in [4.78, 5) is 2.60. The van der Waals surface area contributed by atoms with Gasteiger partial charge in [-0.3, -0.25) is 4.90 Å². The number of phenolic OH excluding ortho intramolecular Hbond substituents is 1. The van der Waals surface area contributed by atoms with Crippen molar-refractivity contribution in [3.05, 3.63) is 29.8 Å². The highest BCUT2D eigenvalue weighted by atomic mass is 16.3. The third kappa shape index (κ3) is 4.45. The van der Waals surface area contributed by atoms with Crippen LogP contribution in [0.25, 0.3) is 0 Å². The van der Waals surface area contributed by atoms with Crippen LogP contribution in [-0.4, -0.2) is 35.2 Å². The molecule has 3 atom stereocenters. The van der Waals surface area contributed by atoms with E-state index >= 15 is 0 Å². The molecular formula is C18H30N2O. The number of nitrogens with zero attached hydrogens (tertiary/aromatic N) is 1. The molecule has 0 bridgehead atoms. The standard InChI is InChI=1S/C18H30N2O/c1-4-7-16-11-19-18(14(3)5-2)13-20(16)12-15-8-6-9-17(21)10-15/h6,8-10,14,16,18-19,21H,4-5,7,11-13H2,1-3H3. The number of hydrogen-bond donors (Lipinski definition) is 2. The second kappa shape index (κ2) is 7.81. The third-order valence-corrected chi connectivity index (χ3v) is 4.81. The van der Waals surface area contributed by atoms with Gasteiger partial charge in [-0.25, -0.2) is 0 Å². The predicted molar refractivity (Wildman–Crippen MR) is 88.5 cm³/mol. The molecule has 21 heavy (non-hydrogen) atoms. The molecule has 1 aromatic rings. The summed E-state index contributed by atoms with van der Waals surface area (Å²) in [6, 6.07) is 8.88. The summed E-state index contributed by atoms with van der Waals surface area (Å²) in [6.45, 7) is 9.99. The molecule has 0 aliphatic carbocycles. The van der Waals surface area contributed by atoms with E-state index in [1.54, 1.807) is 6.07 Å². The zero-order chi connectivity index (χ0) is 15.2. The highest BCUT2D eigenvalue weighted by molar-refractivity contribution is 5.27. The highest BCUT2D eigenvalue weighted by Crippen LogP contribution is 2.21. The van der Waals surface area contributed by atoms with E-state index in [2.05, 4.69) is 37.1 Å². The van der Waals surface area contributed by atoms with Crippen LogP contribution >= 0.6 is 0 Å². The molecular weight excluding hydrogens is 260 g/mol. The minimum atomic E-state index is 0.369. The van der Waals surface area contributed by atoms with Gasteiger partial charge >= 0.3 is 0 Å². The number of piperazine rings is 1. The molecule has 1 aromatic carbocycles. The van der Waals surface area contributed by atoms with E-state index in [0.29, 0.717) is 23.8 Å². The van der Waals surface area contributed by atoms with Crippen LogP contribution in [0, 0.1) is 5.92 Å². The van der Waals surface area contributed by atoms with Crippen molar-refractivity contribution < 1.29 is 5.11 Å². The summed E-state index contributed by atoms with van der Waals surface area (Å²) in [6.07, 6.45) is 3.67. The van der Waals surface area contributed by atoms with Gasteiger partial charge in [0.15, 0.2) is 0 Å². The van der Waals surface area contributed by atoms with E-state index in [1.807, 2.05) is 12.1 Å². The molecule has 3 nitrogen and oxygen atoms in total. The maximum atomic E-state index is 9.66. The molecule has 1 fully saturated rings. The van der Waals surface area contributed by atoms with Crippen LogP contribution in [-0.2, 0) is 6.54 Å². The monoisotopic (exact) mass is 290 g/mol. The van der Waals surface area contributed by atoms with Gasteiger partial charge in [-0.15, -0.1) is 0 Å². The average molecular weight is 290 g/mol. The molecule has 0 spiro atoms. The molecule has 1 aliphatic rings. The highest BCUT2D eigenvalue weighted by Gasteiger charge is 2.29. The van der Waals surface area contributed by atoms with Crippen molar-refractivity contribution in [1.29, 1.82) is 0 Å². The summed E-state index contributed by atoms with van der Waals surface area (Å²) in [5.74, 6) is 1.08. The van der Waals surface area contributed by atoms with Crippen molar-refractivity contribution in [1.82, 2.24) is 10.2 Å². The number of rotatable bonds is 6. The van der Waals surface area contributed by atoms with Gasteiger partial charge in [0.2, 0.25) is 0 Å². The quantitative estimate of drug-likeness (QED) is 0.843. The maximum Gasteiger partial charge on any atom is 0.115 e. The van der Waals surface area contributed by atoms with Crippen molar-refractivity contribution in [2.45, 2.75) is 58.7 Å². The lowest BCUT2D eigenvalue weighted by Gasteiger charge is -2.42. The summed E-state index contributed by atoms with van der Waals surface area (Å²) in [7, 11) is 0. The molecule has 0 saturated carbocycles. The minimum Gasteiger partial charge on any atom is -0.508 e. The van der Waals surface area contributed by atoms with Gasteiger partial charge in [0.25, 0.3) is 0 Å². The van der Waals surface area contributed by atoms with Gasteiger partial charge in [0.05, 0.1) is 0 Å². The first kappa shape index (κ1) is 16.3. The van der Waals surface area contributed by atoms with E-state index in [-0.39, 0.29) is 0 Å². The van der Waals surface area contributed by atoms with Crippen LogP contribution in [0.2, 0.25) is 0 Å². The predicted octanol–water partition coefficient (Wildman–Crippen LogP) is 3.38. The summed E-state index contributed by atoms with van der Waals surface area (Å²) >= 11 is 0. The molecule has 1 heterocycles. The molecule has 0 aromatic heterocycles. The molecule has 3 unspecified atom stereocenters. The van der Waals surface area contributed by atoms with E-state index < -0.39 is 0 Å². The largest absolute Gasteiger partial charge is 0.508 e. The van der Waals surface area contributed by atoms with Crippen molar-refractivity contribution >= 4 is 0 Å². The Bertz CT molecular complexity index is 435. The van der Waals surface area contributed by atoms with E-state index in [1.165, 1.54) is 24.8 Å². The summed E-state index contributed by atoms with van der Waals surface area (Å²) in [5.41, 5.74) is 1.21. The number of hydrogen-bond acceptors (Lipinski definition) is 3. The lowest BCUT2D eigenvalue weighted by Crippen LogP contribution is -2.57. The summed E-state index contributed by atoms with van der Waals surface area (Å²) < 4.78 is 0. The van der Waals surface area contributed by atoms with Crippen LogP contribution < -0.4 is 5.32 Å². The Hall–Kier alpha value is -1.06. The SMILES string of the molecule is CCCC1CNC(C(C)CC)CN1Cc1cccc(O)c1. The summed E-state index contributed by atoms with van der Waals surface area (Å²) in [5, 5.41) is 13.4. The molecule has 0 amide bonds. The lowest BCUT2D eigenvalue weighted by atomic mass is 9.94. The fraction of sp³-hybridized carbons (Fsp3) is 0.667. The second-order valence-corrected chi connectivity index (χ2v) is 6.44. The van der Waals surface area contributed by atoms with Gasteiger partial charge in [-0.1, -0.05) is 45.7 Å². The van der Waals surface area contributed by atoms with E-state index in [9.17, 15) is 5.11 Å². The smallest absolute Gasteiger partial charge is 0.115 e. The Kier molecular flexibility index (Phi) is 6.07.